The van der Waals surface area contributed by atoms with E-state index in [1.807, 2.05) is 0 Å². The van der Waals surface area contributed by atoms with Crippen LogP contribution < -0.4 is 5.32 Å². The third-order valence-electron chi connectivity index (χ3n) is 6.36. The van der Waals surface area contributed by atoms with Crippen molar-refractivity contribution >= 4 is 0 Å². The van der Waals surface area contributed by atoms with Crippen molar-refractivity contribution in [2.45, 2.75) is 63.5 Å². The Morgan fingerprint density at radius 2 is 1.92 bits per heavy atom. The molecule has 3 heterocycles. The molecule has 0 amide bonds. The molecule has 4 heteroatoms. The summed E-state index contributed by atoms with van der Waals surface area (Å²) >= 11 is 0. The molecule has 4 nitrogen and oxygen atoms in total. The summed E-state index contributed by atoms with van der Waals surface area (Å²) in [6.45, 7) is 8.52. The third-order valence-corrected chi connectivity index (χ3v) is 6.36. The van der Waals surface area contributed by atoms with Crippen molar-refractivity contribution in [1.29, 1.82) is 0 Å². The summed E-state index contributed by atoms with van der Waals surface area (Å²) in [6, 6.07) is 4.34. The third kappa shape index (κ3) is 3.56. The Bertz CT molecular complexity index is 529. The summed E-state index contributed by atoms with van der Waals surface area (Å²) in [5.74, 6) is 3.76. The molecule has 1 N–H and O–H groups in total. The van der Waals surface area contributed by atoms with Crippen molar-refractivity contribution in [3.05, 3.63) is 23.7 Å². The maximum atomic E-state index is 6.05. The molecule has 2 atom stereocenters. The van der Waals surface area contributed by atoms with Crippen LogP contribution >= 0.6 is 0 Å². The van der Waals surface area contributed by atoms with Gasteiger partial charge < -0.3 is 14.5 Å². The first-order valence-electron chi connectivity index (χ1n) is 9.89. The number of nitrogens with one attached hydrogen (secondary N) is 1. The van der Waals surface area contributed by atoms with Gasteiger partial charge in [-0.3, -0.25) is 4.90 Å². The van der Waals surface area contributed by atoms with Crippen LogP contribution in [-0.4, -0.2) is 43.3 Å². The molecule has 1 aromatic heterocycles. The highest BCUT2D eigenvalue weighted by molar-refractivity contribution is 5.17. The van der Waals surface area contributed by atoms with Crippen molar-refractivity contribution in [2.24, 2.45) is 5.92 Å². The number of piperidine rings is 1. The Balaban J connectivity index is 1.33. The fourth-order valence-corrected chi connectivity index (χ4v) is 4.55. The van der Waals surface area contributed by atoms with Gasteiger partial charge in [-0.15, -0.1) is 0 Å². The molecule has 134 valence electrons. The number of ether oxygens (including phenoxy) is 1. The van der Waals surface area contributed by atoms with Crippen molar-refractivity contribution in [3.63, 3.8) is 0 Å². The maximum absolute atomic E-state index is 6.05. The van der Waals surface area contributed by atoms with Crippen LogP contribution in [0.4, 0.5) is 0 Å². The minimum absolute atomic E-state index is 0.291. The van der Waals surface area contributed by atoms with Gasteiger partial charge in [0.25, 0.3) is 0 Å². The van der Waals surface area contributed by atoms with E-state index >= 15 is 0 Å². The van der Waals surface area contributed by atoms with E-state index < -0.39 is 0 Å². The van der Waals surface area contributed by atoms with Crippen molar-refractivity contribution in [2.75, 3.05) is 32.8 Å². The van der Waals surface area contributed by atoms with E-state index in [9.17, 15) is 0 Å². The lowest BCUT2D eigenvalue weighted by atomic mass is 9.86. The van der Waals surface area contributed by atoms with Crippen LogP contribution in [0, 0.1) is 5.92 Å². The van der Waals surface area contributed by atoms with E-state index in [4.69, 9.17) is 9.15 Å². The summed E-state index contributed by atoms with van der Waals surface area (Å²) in [4.78, 5) is 2.74. The van der Waals surface area contributed by atoms with Gasteiger partial charge in [0.2, 0.25) is 0 Å². The zero-order valence-corrected chi connectivity index (χ0v) is 15.1. The molecular weight excluding hydrogens is 300 g/mol. The second-order valence-electron chi connectivity index (χ2n) is 8.11. The van der Waals surface area contributed by atoms with E-state index in [1.54, 1.807) is 0 Å². The van der Waals surface area contributed by atoms with Gasteiger partial charge >= 0.3 is 0 Å². The largest absolute Gasteiger partial charge is 0.464 e. The molecule has 4 rings (SSSR count). The first kappa shape index (κ1) is 16.6. The predicted molar refractivity (Wildman–Crippen MR) is 95.1 cm³/mol. The molecule has 3 fully saturated rings. The highest BCUT2D eigenvalue weighted by atomic mass is 16.5. The molecule has 1 aliphatic carbocycles. The van der Waals surface area contributed by atoms with Crippen LogP contribution in [0.25, 0.3) is 0 Å². The van der Waals surface area contributed by atoms with Gasteiger partial charge in [0, 0.05) is 31.2 Å². The normalized spacial score (nSPS) is 30.4. The van der Waals surface area contributed by atoms with E-state index in [0.717, 1.165) is 50.8 Å². The fourth-order valence-electron chi connectivity index (χ4n) is 4.55. The Kier molecular flexibility index (Phi) is 4.98. The molecule has 24 heavy (non-hydrogen) atoms. The molecule has 0 aromatic carbocycles. The molecule has 3 aliphatic rings. The zero-order chi connectivity index (χ0) is 16.4. The lowest BCUT2D eigenvalue weighted by Gasteiger charge is -2.48. The van der Waals surface area contributed by atoms with Crippen LogP contribution in [0.1, 0.15) is 62.9 Å². The number of hydrogen-bond acceptors (Lipinski definition) is 4. The summed E-state index contributed by atoms with van der Waals surface area (Å²) in [5.41, 5.74) is 0.291. The molecule has 0 spiro atoms. The average molecular weight is 332 g/mol. The summed E-state index contributed by atoms with van der Waals surface area (Å²) in [6.07, 6.45) is 7.70. The second kappa shape index (κ2) is 7.19. The Morgan fingerprint density at radius 1 is 1.17 bits per heavy atom. The van der Waals surface area contributed by atoms with E-state index in [1.165, 1.54) is 44.5 Å². The molecule has 2 unspecified atom stereocenters. The number of rotatable bonds is 6. The SMILES string of the molecule is CC1CC1c1ccc(CNCC2(N3CCCCC3)CCOCC2)o1. The van der Waals surface area contributed by atoms with Gasteiger partial charge in [0.1, 0.15) is 11.5 Å². The Hall–Kier alpha value is -0.840. The van der Waals surface area contributed by atoms with E-state index in [0.29, 0.717) is 11.5 Å². The summed E-state index contributed by atoms with van der Waals surface area (Å²) in [7, 11) is 0. The van der Waals surface area contributed by atoms with Gasteiger partial charge in [-0.05, 0) is 63.2 Å². The standard InChI is InChI=1S/C20H32N2O2/c1-16-13-18(16)19-6-5-17(24-19)14-21-15-20(7-11-23-12-8-20)22-9-3-2-4-10-22/h5-6,16,18,21H,2-4,7-15H2,1H3. The summed E-state index contributed by atoms with van der Waals surface area (Å²) in [5, 5.41) is 3.70. The maximum Gasteiger partial charge on any atom is 0.117 e. The first-order chi connectivity index (χ1) is 11.8. The van der Waals surface area contributed by atoms with Crippen LogP contribution in [-0.2, 0) is 11.3 Å². The Morgan fingerprint density at radius 3 is 2.62 bits per heavy atom. The molecular formula is C20H32N2O2. The van der Waals surface area contributed by atoms with Crippen molar-refractivity contribution in [3.8, 4) is 0 Å². The van der Waals surface area contributed by atoms with Crippen molar-refractivity contribution in [1.82, 2.24) is 10.2 Å². The molecule has 2 aliphatic heterocycles. The van der Waals surface area contributed by atoms with Crippen LogP contribution in [0.2, 0.25) is 0 Å². The monoisotopic (exact) mass is 332 g/mol. The average Bonchev–Trinajstić information content (AvgIpc) is 3.17. The van der Waals surface area contributed by atoms with E-state index in [-0.39, 0.29) is 0 Å². The molecule has 0 radical (unpaired) electrons. The highest BCUT2D eigenvalue weighted by Gasteiger charge is 2.39. The number of hydrogen-bond donors (Lipinski definition) is 1. The minimum atomic E-state index is 0.291. The number of likely N-dealkylation sites (tertiary alicyclic amines) is 1. The smallest absolute Gasteiger partial charge is 0.117 e. The molecule has 0 bridgehead atoms. The summed E-state index contributed by atoms with van der Waals surface area (Å²) < 4.78 is 11.7. The van der Waals surface area contributed by atoms with Gasteiger partial charge in [-0.2, -0.15) is 0 Å². The molecule has 2 saturated heterocycles. The van der Waals surface area contributed by atoms with Gasteiger partial charge in [-0.25, -0.2) is 0 Å². The predicted octanol–water partition coefficient (Wildman–Crippen LogP) is 3.53. The topological polar surface area (TPSA) is 37.6 Å². The zero-order valence-electron chi connectivity index (χ0n) is 15.1. The number of nitrogens with zero attached hydrogens (tertiary/aromatic N) is 1. The van der Waals surface area contributed by atoms with Gasteiger partial charge in [0.15, 0.2) is 0 Å². The minimum Gasteiger partial charge on any atom is -0.464 e. The van der Waals surface area contributed by atoms with E-state index in [2.05, 4.69) is 29.3 Å². The molecule has 1 saturated carbocycles. The number of furan rings is 1. The lowest BCUT2D eigenvalue weighted by Crippen LogP contribution is -2.59. The van der Waals surface area contributed by atoms with Crippen LogP contribution in [0.3, 0.4) is 0 Å². The molecule has 1 aromatic rings. The fraction of sp³-hybridized carbons (Fsp3) is 0.800. The quantitative estimate of drug-likeness (QED) is 0.865. The van der Waals surface area contributed by atoms with Gasteiger partial charge in [0.05, 0.1) is 6.54 Å². The highest BCUT2D eigenvalue weighted by Crippen LogP contribution is 2.47. The Labute approximate surface area is 145 Å². The first-order valence-corrected chi connectivity index (χ1v) is 9.89. The van der Waals surface area contributed by atoms with Crippen LogP contribution in [0.5, 0.6) is 0 Å². The van der Waals surface area contributed by atoms with Crippen LogP contribution in [0.15, 0.2) is 16.5 Å². The second-order valence-corrected chi connectivity index (χ2v) is 8.11. The van der Waals surface area contributed by atoms with Gasteiger partial charge in [-0.1, -0.05) is 13.3 Å². The lowest BCUT2D eigenvalue weighted by molar-refractivity contribution is -0.0359. The van der Waals surface area contributed by atoms with Crippen molar-refractivity contribution < 1.29 is 9.15 Å².